The summed E-state index contributed by atoms with van der Waals surface area (Å²) < 4.78 is 47.8. The van der Waals surface area contributed by atoms with Gasteiger partial charge in [-0.3, -0.25) is 14.6 Å². The lowest BCUT2D eigenvalue weighted by Crippen LogP contribution is -2.49. The van der Waals surface area contributed by atoms with Crippen LogP contribution < -0.4 is 10.5 Å². The fraction of sp³-hybridized carbons (Fsp3) is 0.240. The second kappa shape index (κ2) is 9.15. The third-order valence-electron chi connectivity index (χ3n) is 6.63. The molecule has 5 aromatic rings. The van der Waals surface area contributed by atoms with Crippen LogP contribution in [0, 0.1) is 6.92 Å². The number of hydrogen-bond acceptors (Lipinski definition) is 7. The number of aromatic nitrogens is 6. The van der Waals surface area contributed by atoms with Gasteiger partial charge >= 0.3 is 6.18 Å². The highest BCUT2D eigenvalue weighted by atomic mass is 19.4. The van der Waals surface area contributed by atoms with E-state index in [1.807, 2.05) is 4.90 Å². The van der Waals surface area contributed by atoms with Crippen molar-refractivity contribution in [2.45, 2.75) is 13.1 Å². The Balaban J connectivity index is 1.14. The molecule has 5 heterocycles. The highest BCUT2D eigenvalue weighted by molar-refractivity contribution is 5.95. The lowest BCUT2D eigenvalue weighted by atomic mass is 10.1. The van der Waals surface area contributed by atoms with Gasteiger partial charge in [-0.2, -0.15) is 18.3 Å². The second-order valence-corrected chi connectivity index (χ2v) is 9.04. The number of hydrogen-bond donors (Lipinski definition) is 1. The van der Waals surface area contributed by atoms with Gasteiger partial charge in [0.05, 0.1) is 29.2 Å². The summed E-state index contributed by atoms with van der Waals surface area (Å²) in [5, 5.41) is 8.62. The number of nitrogens with one attached hydrogen (secondary N) is 1. The molecule has 0 bridgehead atoms. The molecule has 0 radical (unpaired) electrons. The van der Waals surface area contributed by atoms with E-state index in [0.717, 1.165) is 12.1 Å². The van der Waals surface area contributed by atoms with E-state index in [1.54, 1.807) is 30.2 Å². The Morgan fingerprint density at radius 2 is 1.87 bits per heavy atom. The Morgan fingerprint density at radius 3 is 2.64 bits per heavy atom. The number of piperazine rings is 1. The number of benzene rings is 1. The van der Waals surface area contributed by atoms with Gasteiger partial charge in [0.25, 0.3) is 17.5 Å². The van der Waals surface area contributed by atoms with Crippen molar-refractivity contribution in [3.63, 3.8) is 0 Å². The Hall–Kier alpha value is -4.88. The largest absolute Gasteiger partial charge is 0.423 e. The number of halogens is 3. The van der Waals surface area contributed by atoms with E-state index >= 15 is 0 Å². The molecular formula is C25H21F3N8O3. The summed E-state index contributed by atoms with van der Waals surface area (Å²) in [6.07, 6.45) is 0.0260. The highest BCUT2D eigenvalue weighted by Crippen LogP contribution is 2.33. The number of alkyl halides is 3. The van der Waals surface area contributed by atoms with Crippen LogP contribution in [0.3, 0.4) is 0 Å². The van der Waals surface area contributed by atoms with Crippen LogP contribution in [-0.4, -0.2) is 66.3 Å². The minimum atomic E-state index is -4.46. The first-order valence-electron chi connectivity index (χ1n) is 12.0. The molecule has 0 atom stereocenters. The van der Waals surface area contributed by atoms with Crippen LogP contribution in [0.4, 0.5) is 19.2 Å². The summed E-state index contributed by atoms with van der Waals surface area (Å²) in [5.41, 5.74) is 0.474. The second-order valence-electron chi connectivity index (χ2n) is 9.04. The van der Waals surface area contributed by atoms with Gasteiger partial charge in [0, 0.05) is 37.9 Å². The Labute approximate surface area is 218 Å². The summed E-state index contributed by atoms with van der Waals surface area (Å²) >= 11 is 0. The minimum Gasteiger partial charge on any atom is -0.423 e. The Bertz CT molecular complexity index is 1740. The first-order valence-corrected chi connectivity index (χ1v) is 12.0. The van der Waals surface area contributed by atoms with Crippen LogP contribution in [0.1, 0.15) is 21.6 Å². The number of anilines is 1. The zero-order valence-electron chi connectivity index (χ0n) is 20.5. The molecule has 1 amide bonds. The van der Waals surface area contributed by atoms with Crippen LogP contribution in [0.15, 0.2) is 64.2 Å². The Morgan fingerprint density at radius 1 is 1.08 bits per heavy atom. The summed E-state index contributed by atoms with van der Waals surface area (Å²) in [5.74, 6) is 0.188. The normalized spacial score (nSPS) is 14.4. The molecule has 1 fully saturated rings. The number of oxazole rings is 1. The van der Waals surface area contributed by atoms with E-state index < -0.39 is 11.7 Å². The van der Waals surface area contributed by atoms with E-state index in [4.69, 9.17) is 4.42 Å². The van der Waals surface area contributed by atoms with E-state index in [-0.39, 0.29) is 34.8 Å². The first kappa shape index (κ1) is 24.5. The quantitative estimate of drug-likeness (QED) is 0.374. The van der Waals surface area contributed by atoms with E-state index in [0.29, 0.717) is 43.0 Å². The SMILES string of the molecule is Cc1c(C(=O)N2CCN(c3ncc(-c4cccc(C(F)(F)F)c4)o3)CC2)cnn1-c1nn2cccc2c(=O)[nH]1. The molecule has 1 saturated heterocycles. The van der Waals surface area contributed by atoms with Crippen LogP contribution in [0.5, 0.6) is 0 Å². The number of rotatable bonds is 4. The van der Waals surface area contributed by atoms with Crippen molar-refractivity contribution >= 4 is 17.4 Å². The van der Waals surface area contributed by atoms with Crippen LogP contribution in [-0.2, 0) is 6.18 Å². The monoisotopic (exact) mass is 538 g/mol. The lowest BCUT2D eigenvalue weighted by molar-refractivity contribution is -0.137. The number of amides is 1. The minimum absolute atomic E-state index is 0.186. The number of fused-ring (bicyclic) bond motifs is 1. The summed E-state index contributed by atoms with van der Waals surface area (Å²) in [6.45, 7) is 3.30. The van der Waals surface area contributed by atoms with Gasteiger partial charge in [-0.15, -0.1) is 5.10 Å². The van der Waals surface area contributed by atoms with Crippen LogP contribution in [0.25, 0.3) is 22.8 Å². The average Bonchev–Trinajstić information content (AvgIpc) is 3.68. The standard InChI is InChI=1S/C25H21F3N8O3/c1-15-18(13-30-36(15)23-31-21(37)19-6-3-7-35(19)32-23)22(38)33-8-10-34(11-9-33)24-29-14-20(39-24)16-4-2-5-17(12-16)25(26,27)28/h2-7,12-14H,8-11H2,1H3,(H,31,32,37). The van der Waals surface area contributed by atoms with E-state index in [9.17, 15) is 22.8 Å². The van der Waals surface area contributed by atoms with Gasteiger partial charge in [-0.1, -0.05) is 12.1 Å². The predicted molar refractivity (Wildman–Crippen MR) is 133 cm³/mol. The predicted octanol–water partition coefficient (Wildman–Crippen LogP) is 3.15. The lowest BCUT2D eigenvalue weighted by Gasteiger charge is -2.33. The number of nitrogens with zero attached hydrogens (tertiary/aromatic N) is 7. The maximum absolute atomic E-state index is 13.3. The van der Waals surface area contributed by atoms with E-state index in [1.165, 1.54) is 33.7 Å². The fourth-order valence-corrected chi connectivity index (χ4v) is 4.52. The molecule has 0 saturated carbocycles. The topological polar surface area (TPSA) is 118 Å². The molecule has 0 aliphatic carbocycles. The highest BCUT2D eigenvalue weighted by Gasteiger charge is 2.31. The zero-order valence-corrected chi connectivity index (χ0v) is 20.5. The zero-order chi connectivity index (χ0) is 27.3. The third kappa shape index (κ3) is 4.43. The fourth-order valence-electron chi connectivity index (χ4n) is 4.52. The Kier molecular flexibility index (Phi) is 5.74. The van der Waals surface area contributed by atoms with Crippen molar-refractivity contribution in [1.82, 2.24) is 34.3 Å². The molecule has 1 N–H and O–H groups in total. The molecule has 200 valence electrons. The maximum Gasteiger partial charge on any atom is 0.416 e. The molecule has 1 aromatic carbocycles. The summed E-state index contributed by atoms with van der Waals surface area (Å²) in [7, 11) is 0. The van der Waals surface area contributed by atoms with Gasteiger partial charge in [-0.05, 0) is 31.2 Å². The molecular weight excluding hydrogens is 517 g/mol. The molecule has 14 heteroatoms. The van der Waals surface area contributed by atoms with Crippen molar-refractivity contribution in [3.05, 3.63) is 82.2 Å². The molecule has 1 aliphatic heterocycles. The maximum atomic E-state index is 13.3. The van der Waals surface area contributed by atoms with Gasteiger partial charge < -0.3 is 14.2 Å². The van der Waals surface area contributed by atoms with Gasteiger partial charge in [-0.25, -0.2) is 14.2 Å². The molecule has 11 nitrogen and oxygen atoms in total. The van der Waals surface area contributed by atoms with Crippen molar-refractivity contribution in [2.75, 3.05) is 31.1 Å². The molecule has 1 aliphatic rings. The summed E-state index contributed by atoms with van der Waals surface area (Å²) in [6, 6.07) is 8.49. The van der Waals surface area contributed by atoms with Crippen molar-refractivity contribution in [1.29, 1.82) is 0 Å². The third-order valence-corrected chi connectivity index (χ3v) is 6.63. The smallest absolute Gasteiger partial charge is 0.416 e. The van der Waals surface area contributed by atoms with Crippen molar-refractivity contribution in [3.8, 4) is 17.3 Å². The number of H-pyrrole nitrogens is 1. The summed E-state index contributed by atoms with van der Waals surface area (Å²) in [4.78, 5) is 36.0. The molecule has 4 aromatic heterocycles. The number of carbonyl (C=O) groups excluding carboxylic acids is 1. The molecule has 0 spiro atoms. The van der Waals surface area contributed by atoms with Crippen molar-refractivity contribution < 1.29 is 22.4 Å². The van der Waals surface area contributed by atoms with Crippen molar-refractivity contribution in [2.24, 2.45) is 0 Å². The first-order chi connectivity index (χ1) is 18.7. The number of aromatic amines is 1. The van der Waals surface area contributed by atoms with Gasteiger partial charge in [0.1, 0.15) is 5.52 Å². The van der Waals surface area contributed by atoms with E-state index in [2.05, 4.69) is 20.2 Å². The van der Waals surface area contributed by atoms with Gasteiger partial charge in [0.15, 0.2) is 5.76 Å². The molecule has 39 heavy (non-hydrogen) atoms. The van der Waals surface area contributed by atoms with Crippen LogP contribution in [0.2, 0.25) is 0 Å². The van der Waals surface area contributed by atoms with Gasteiger partial charge in [0.2, 0.25) is 5.95 Å². The number of carbonyl (C=O) groups is 1. The average molecular weight is 538 g/mol. The molecule has 0 unspecified atom stereocenters. The van der Waals surface area contributed by atoms with Crippen LogP contribution >= 0.6 is 0 Å². The molecule has 6 rings (SSSR count).